The van der Waals surface area contributed by atoms with Crippen LogP contribution in [0.5, 0.6) is 5.75 Å². The van der Waals surface area contributed by atoms with Crippen molar-refractivity contribution in [3.8, 4) is 5.75 Å². The van der Waals surface area contributed by atoms with Crippen molar-refractivity contribution in [1.82, 2.24) is 0 Å². The van der Waals surface area contributed by atoms with Gasteiger partial charge in [-0.25, -0.2) is 4.79 Å². The summed E-state index contributed by atoms with van der Waals surface area (Å²) in [6, 6.07) is 4.44. The molecule has 1 aromatic rings. The first-order valence-electron chi connectivity index (χ1n) is 6.77. The van der Waals surface area contributed by atoms with Crippen LogP contribution in [-0.4, -0.2) is 17.2 Å². The number of carbonyl (C=O) groups excluding carboxylic acids is 1. The molecule has 3 unspecified atom stereocenters. The van der Waals surface area contributed by atoms with E-state index in [-0.39, 0.29) is 23.5 Å². The first-order chi connectivity index (χ1) is 8.97. The average Bonchev–Trinajstić information content (AvgIpc) is 2.37. The minimum atomic E-state index is -0.387. The smallest absolute Gasteiger partial charge is 0.338 e. The highest BCUT2D eigenvalue weighted by Gasteiger charge is 2.27. The van der Waals surface area contributed by atoms with Gasteiger partial charge in [-0.1, -0.05) is 13.8 Å². The van der Waals surface area contributed by atoms with Crippen LogP contribution in [0.15, 0.2) is 18.2 Å². The summed E-state index contributed by atoms with van der Waals surface area (Å²) in [5, 5.41) is 9.50. The number of nitrogens with two attached hydrogens (primary N) is 1. The Morgan fingerprint density at radius 3 is 2.68 bits per heavy atom. The zero-order chi connectivity index (χ0) is 14.0. The molecule has 0 saturated heterocycles. The van der Waals surface area contributed by atoms with E-state index < -0.39 is 0 Å². The monoisotopic (exact) mass is 263 g/mol. The molecule has 1 aliphatic carbocycles. The van der Waals surface area contributed by atoms with Gasteiger partial charge >= 0.3 is 5.97 Å². The molecule has 0 bridgehead atoms. The van der Waals surface area contributed by atoms with Gasteiger partial charge < -0.3 is 15.6 Å². The maximum Gasteiger partial charge on any atom is 0.338 e. The quantitative estimate of drug-likeness (QED) is 0.489. The van der Waals surface area contributed by atoms with E-state index in [1.807, 2.05) is 0 Å². The lowest BCUT2D eigenvalue weighted by Crippen LogP contribution is -2.28. The zero-order valence-electron chi connectivity index (χ0n) is 11.4. The fraction of sp³-hybridized carbons (Fsp3) is 0.533. The van der Waals surface area contributed by atoms with E-state index in [1.165, 1.54) is 12.1 Å². The molecule has 0 amide bonds. The molecular weight excluding hydrogens is 242 g/mol. The highest BCUT2D eigenvalue weighted by Crippen LogP contribution is 2.31. The van der Waals surface area contributed by atoms with Gasteiger partial charge in [0.1, 0.15) is 11.9 Å². The van der Waals surface area contributed by atoms with Crippen molar-refractivity contribution in [2.24, 2.45) is 11.8 Å². The number of phenolic OH excluding ortho intramolecular Hbond substituents is 1. The Bertz CT molecular complexity index is 472. The van der Waals surface area contributed by atoms with Gasteiger partial charge in [0.15, 0.2) is 0 Å². The van der Waals surface area contributed by atoms with Crippen LogP contribution in [0.3, 0.4) is 0 Å². The molecular formula is C15H21NO3. The van der Waals surface area contributed by atoms with Gasteiger partial charge in [-0.2, -0.15) is 0 Å². The van der Waals surface area contributed by atoms with Gasteiger partial charge in [0.05, 0.1) is 11.3 Å². The summed E-state index contributed by atoms with van der Waals surface area (Å²) >= 11 is 0. The first kappa shape index (κ1) is 13.7. The van der Waals surface area contributed by atoms with Crippen LogP contribution in [0.25, 0.3) is 0 Å². The molecule has 1 fully saturated rings. The van der Waals surface area contributed by atoms with Crippen LogP contribution >= 0.6 is 0 Å². The number of nitrogen functional groups attached to an aromatic ring is 1. The molecule has 3 N–H and O–H groups in total. The maximum atomic E-state index is 12.0. The lowest BCUT2D eigenvalue weighted by atomic mass is 9.80. The minimum Gasteiger partial charge on any atom is -0.506 e. The highest BCUT2D eigenvalue weighted by molar-refractivity contribution is 5.90. The van der Waals surface area contributed by atoms with Crippen molar-refractivity contribution >= 4 is 11.7 Å². The van der Waals surface area contributed by atoms with Crippen molar-refractivity contribution in [3.63, 3.8) is 0 Å². The number of anilines is 1. The Morgan fingerprint density at radius 2 is 2.05 bits per heavy atom. The third-order valence-corrected chi connectivity index (χ3v) is 4.09. The number of phenols is 1. The SMILES string of the molecule is CC1CCC(OC(=O)c2ccc(N)c(O)c2)CC1C. The van der Waals surface area contributed by atoms with Crippen LogP contribution in [0, 0.1) is 11.8 Å². The lowest BCUT2D eigenvalue weighted by Gasteiger charge is -2.31. The third kappa shape index (κ3) is 3.19. The number of ether oxygens (including phenoxy) is 1. The summed E-state index contributed by atoms with van der Waals surface area (Å²) in [6.07, 6.45) is 2.90. The average molecular weight is 263 g/mol. The number of benzene rings is 1. The number of hydrogen-bond acceptors (Lipinski definition) is 4. The number of hydrogen-bond donors (Lipinski definition) is 2. The summed E-state index contributed by atoms with van der Waals surface area (Å²) in [7, 11) is 0. The summed E-state index contributed by atoms with van der Waals surface area (Å²) < 4.78 is 5.50. The van der Waals surface area contributed by atoms with Gasteiger partial charge in [-0.3, -0.25) is 0 Å². The number of carbonyl (C=O) groups is 1. The van der Waals surface area contributed by atoms with Crippen molar-refractivity contribution in [1.29, 1.82) is 0 Å². The second-order valence-corrected chi connectivity index (χ2v) is 5.57. The van der Waals surface area contributed by atoms with E-state index in [1.54, 1.807) is 6.07 Å². The van der Waals surface area contributed by atoms with Crippen LogP contribution < -0.4 is 5.73 Å². The predicted octanol–water partition coefficient (Wildman–Crippen LogP) is 2.96. The van der Waals surface area contributed by atoms with Crippen molar-refractivity contribution in [2.75, 3.05) is 5.73 Å². The van der Waals surface area contributed by atoms with E-state index in [9.17, 15) is 9.90 Å². The molecule has 4 heteroatoms. The molecule has 3 atom stereocenters. The molecule has 2 rings (SSSR count). The normalized spacial score (nSPS) is 26.9. The Labute approximate surface area is 113 Å². The number of aromatic hydroxyl groups is 1. The van der Waals surface area contributed by atoms with Crippen molar-refractivity contribution < 1.29 is 14.6 Å². The van der Waals surface area contributed by atoms with Gasteiger partial charge in [0.25, 0.3) is 0 Å². The van der Waals surface area contributed by atoms with Crippen LogP contribution in [-0.2, 0) is 4.74 Å². The summed E-state index contributed by atoms with van der Waals surface area (Å²) in [4.78, 5) is 12.0. The second-order valence-electron chi connectivity index (χ2n) is 5.57. The van der Waals surface area contributed by atoms with Gasteiger partial charge in [-0.15, -0.1) is 0 Å². The zero-order valence-corrected chi connectivity index (χ0v) is 11.4. The molecule has 0 radical (unpaired) electrons. The number of esters is 1. The van der Waals surface area contributed by atoms with E-state index >= 15 is 0 Å². The molecule has 0 spiro atoms. The third-order valence-electron chi connectivity index (χ3n) is 4.09. The molecule has 0 aromatic heterocycles. The Morgan fingerprint density at radius 1 is 1.32 bits per heavy atom. The predicted molar refractivity (Wildman–Crippen MR) is 73.9 cm³/mol. The molecule has 4 nitrogen and oxygen atoms in total. The Kier molecular flexibility index (Phi) is 3.98. The molecule has 1 aromatic carbocycles. The lowest BCUT2D eigenvalue weighted by molar-refractivity contribution is 0.00876. The molecule has 0 aliphatic heterocycles. The van der Waals surface area contributed by atoms with E-state index in [0.717, 1.165) is 19.3 Å². The van der Waals surface area contributed by atoms with Gasteiger partial charge in [0, 0.05) is 0 Å². The van der Waals surface area contributed by atoms with Crippen LogP contribution in [0.4, 0.5) is 5.69 Å². The van der Waals surface area contributed by atoms with Crippen LogP contribution in [0.2, 0.25) is 0 Å². The van der Waals surface area contributed by atoms with Crippen molar-refractivity contribution in [2.45, 2.75) is 39.2 Å². The summed E-state index contributed by atoms with van der Waals surface area (Å²) in [6.45, 7) is 4.43. The molecule has 1 saturated carbocycles. The fourth-order valence-electron chi connectivity index (χ4n) is 2.50. The molecule has 0 heterocycles. The number of rotatable bonds is 2. The maximum absolute atomic E-state index is 12.0. The Hall–Kier alpha value is -1.71. The molecule has 104 valence electrons. The van der Waals surface area contributed by atoms with E-state index in [2.05, 4.69) is 13.8 Å². The van der Waals surface area contributed by atoms with E-state index in [4.69, 9.17) is 10.5 Å². The molecule has 1 aliphatic rings. The summed E-state index contributed by atoms with van der Waals surface area (Å²) in [5.74, 6) is 0.795. The van der Waals surface area contributed by atoms with Crippen molar-refractivity contribution in [3.05, 3.63) is 23.8 Å². The van der Waals surface area contributed by atoms with Crippen LogP contribution in [0.1, 0.15) is 43.5 Å². The minimum absolute atomic E-state index is 0.0154. The summed E-state index contributed by atoms with van der Waals surface area (Å²) in [5.41, 5.74) is 6.11. The van der Waals surface area contributed by atoms with Gasteiger partial charge in [0.2, 0.25) is 0 Å². The fourth-order valence-corrected chi connectivity index (χ4v) is 2.50. The molecule has 19 heavy (non-hydrogen) atoms. The van der Waals surface area contributed by atoms with Gasteiger partial charge in [-0.05, 0) is 49.3 Å². The largest absolute Gasteiger partial charge is 0.506 e. The Balaban J connectivity index is 1.99. The highest BCUT2D eigenvalue weighted by atomic mass is 16.5. The topological polar surface area (TPSA) is 72.5 Å². The first-order valence-corrected chi connectivity index (χ1v) is 6.77. The van der Waals surface area contributed by atoms with E-state index in [0.29, 0.717) is 17.4 Å². The second kappa shape index (κ2) is 5.51. The standard InChI is InChI=1S/C15H21NO3/c1-9-3-5-12(7-10(9)2)19-15(18)11-4-6-13(16)14(17)8-11/h4,6,8-10,12,17H,3,5,7,16H2,1-2H3.